The Balaban J connectivity index is 2.92. The molecule has 3 nitrogen and oxygen atoms in total. The molecule has 1 amide bonds. The van der Waals surface area contributed by atoms with Gasteiger partial charge in [0.1, 0.15) is 0 Å². The van der Waals surface area contributed by atoms with Gasteiger partial charge in [-0.3, -0.25) is 0 Å². The Kier molecular flexibility index (Phi) is 3.95. The van der Waals surface area contributed by atoms with E-state index < -0.39 is 0 Å². The summed E-state index contributed by atoms with van der Waals surface area (Å²) >= 11 is 3.50. The highest BCUT2D eigenvalue weighted by molar-refractivity contribution is 7.74. The van der Waals surface area contributed by atoms with Crippen LogP contribution in [0.3, 0.4) is 0 Å². The molecule has 1 aromatic rings. The van der Waals surface area contributed by atoms with Crippen molar-refractivity contribution in [3.05, 3.63) is 35.4 Å². The predicted molar refractivity (Wildman–Crippen MR) is 52.1 cm³/mol. The molecule has 0 unspecified atom stereocenters. The molecule has 0 saturated heterocycles. The van der Waals surface area contributed by atoms with Crippen molar-refractivity contribution in [3.63, 3.8) is 0 Å². The minimum absolute atomic E-state index is 0.146. The highest BCUT2D eigenvalue weighted by atomic mass is 32.1. The largest absolute Gasteiger partial charge is 0.375 e. The average molecular weight is 198 g/mol. The van der Waals surface area contributed by atoms with E-state index in [2.05, 4.69) is 17.2 Å². The molecule has 0 fully saturated rings. The van der Waals surface area contributed by atoms with E-state index in [4.69, 9.17) is 0 Å². The second kappa shape index (κ2) is 5.01. The lowest BCUT2D eigenvalue weighted by molar-refractivity contribution is -0.774. The van der Waals surface area contributed by atoms with Crippen LogP contribution >= 0.6 is 12.9 Å². The molecule has 1 aromatic carbocycles. The van der Waals surface area contributed by atoms with Gasteiger partial charge < -0.3 is 0 Å². The van der Waals surface area contributed by atoms with Crippen LogP contribution in [0, 0.1) is 0 Å². The first-order valence-electron chi connectivity index (χ1n) is 4.05. The Hall–Kier alpha value is -0.840. The van der Waals surface area contributed by atoms with Gasteiger partial charge in [0.25, 0.3) is 0 Å². The molecule has 70 valence electrons. The number of nitrogens with two attached hydrogens (primary N) is 1. The van der Waals surface area contributed by atoms with Crippen LogP contribution in [0.15, 0.2) is 24.3 Å². The molecule has 0 bridgehead atoms. The number of rotatable bonds is 3. The van der Waals surface area contributed by atoms with Gasteiger partial charge in [0.05, 0.1) is 5.56 Å². The number of carbonyl (C=O) groups is 1. The lowest BCUT2D eigenvalue weighted by Gasteiger charge is -2.01. The lowest BCUT2D eigenvalue weighted by atomic mass is 10.1. The number of hydroxylamine groups is 1. The van der Waals surface area contributed by atoms with Gasteiger partial charge in [0, 0.05) is 12.9 Å². The van der Waals surface area contributed by atoms with Crippen LogP contribution in [0.2, 0.25) is 0 Å². The lowest BCUT2D eigenvalue weighted by Crippen LogP contribution is -2.85. The smallest absolute Gasteiger partial charge is 0.222 e. The minimum atomic E-state index is -0.146. The summed E-state index contributed by atoms with van der Waals surface area (Å²) in [6.07, 6.45) is 0.836. The number of primary amides is 1. The Morgan fingerprint density at radius 2 is 2.23 bits per heavy atom. The zero-order chi connectivity index (χ0) is 9.68. The van der Waals surface area contributed by atoms with Crippen molar-refractivity contribution in [2.45, 2.75) is 13.3 Å². The van der Waals surface area contributed by atoms with Gasteiger partial charge >= 0.3 is 5.91 Å². The van der Waals surface area contributed by atoms with Crippen LogP contribution in [0.5, 0.6) is 0 Å². The quantitative estimate of drug-likeness (QED) is 0.427. The summed E-state index contributed by atoms with van der Waals surface area (Å²) in [5, 5.41) is 0. The average Bonchev–Trinajstić information content (AvgIpc) is 2.18. The molecule has 0 atom stereocenters. The monoisotopic (exact) mass is 198 g/mol. The number of quaternary nitrogens is 1. The first-order chi connectivity index (χ1) is 6.29. The van der Waals surface area contributed by atoms with Gasteiger partial charge in [-0.05, 0) is 18.1 Å². The Morgan fingerprint density at radius 3 is 2.85 bits per heavy atom. The van der Waals surface area contributed by atoms with Crippen molar-refractivity contribution < 1.29 is 14.6 Å². The molecule has 0 spiro atoms. The zero-order valence-electron chi connectivity index (χ0n) is 7.36. The van der Waals surface area contributed by atoms with Crippen LogP contribution in [0.4, 0.5) is 0 Å². The third kappa shape index (κ3) is 2.55. The van der Waals surface area contributed by atoms with E-state index in [1.165, 1.54) is 0 Å². The van der Waals surface area contributed by atoms with Crippen LogP contribution in [0.1, 0.15) is 22.8 Å². The molecule has 0 aliphatic rings. The number of amides is 1. The van der Waals surface area contributed by atoms with E-state index >= 15 is 0 Å². The molecular formula is C9H12NO2S+. The van der Waals surface area contributed by atoms with Crippen molar-refractivity contribution in [2.24, 2.45) is 0 Å². The second-order valence-corrected chi connectivity index (χ2v) is 2.81. The van der Waals surface area contributed by atoms with Crippen molar-refractivity contribution in [1.29, 1.82) is 0 Å². The van der Waals surface area contributed by atoms with Crippen LogP contribution < -0.4 is 5.48 Å². The molecule has 2 N–H and O–H groups in total. The van der Waals surface area contributed by atoms with Crippen LogP contribution in [-0.2, 0) is 10.7 Å². The van der Waals surface area contributed by atoms with E-state index in [0.717, 1.165) is 17.5 Å². The molecule has 0 aliphatic heterocycles. The highest BCUT2D eigenvalue weighted by Crippen LogP contribution is 2.07. The van der Waals surface area contributed by atoms with Crippen molar-refractivity contribution in [1.82, 2.24) is 0 Å². The van der Waals surface area contributed by atoms with Gasteiger partial charge in [-0.25, -0.2) is 4.79 Å². The van der Waals surface area contributed by atoms with Gasteiger partial charge in [0.15, 0.2) is 0 Å². The Morgan fingerprint density at radius 1 is 1.54 bits per heavy atom. The van der Waals surface area contributed by atoms with Gasteiger partial charge in [-0.15, -0.1) is 9.76 Å². The molecule has 4 heteroatoms. The summed E-state index contributed by atoms with van der Waals surface area (Å²) in [6.45, 7) is 2.01. The van der Waals surface area contributed by atoms with Gasteiger partial charge in [0.2, 0.25) is 0 Å². The van der Waals surface area contributed by atoms with E-state index in [1.54, 1.807) is 6.07 Å². The maximum atomic E-state index is 11.4. The van der Waals surface area contributed by atoms with E-state index in [1.807, 2.05) is 25.1 Å². The topological polar surface area (TPSA) is 42.9 Å². The maximum Gasteiger partial charge on any atom is 0.375 e. The number of benzene rings is 1. The highest BCUT2D eigenvalue weighted by Gasteiger charge is 2.13. The number of aryl methyl sites for hydroxylation is 1. The molecule has 0 aromatic heterocycles. The first kappa shape index (κ1) is 10.2. The summed E-state index contributed by atoms with van der Waals surface area (Å²) < 4.78 is 4.38. The van der Waals surface area contributed by atoms with Crippen LogP contribution in [-0.4, -0.2) is 5.91 Å². The van der Waals surface area contributed by atoms with Crippen molar-refractivity contribution in [2.75, 3.05) is 0 Å². The molecule has 0 saturated carbocycles. The predicted octanol–water partition coefficient (Wildman–Crippen LogP) is 0.729. The molecule has 1 rings (SSSR count). The summed E-state index contributed by atoms with van der Waals surface area (Å²) in [5.41, 5.74) is 2.80. The van der Waals surface area contributed by atoms with Gasteiger partial charge in [-0.1, -0.05) is 25.1 Å². The number of hydrogen-bond acceptors (Lipinski definition) is 3. The Bertz CT molecular complexity index is 301. The fourth-order valence-electron chi connectivity index (χ4n) is 1.18. The Labute approximate surface area is 82.7 Å². The summed E-state index contributed by atoms with van der Waals surface area (Å²) in [4.78, 5) is 11.4. The second-order valence-electron chi connectivity index (χ2n) is 2.60. The first-order valence-corrected chi connectivity index (χ1v) is 4.41. The number of hydrogen-bond donors (Lipinski definition) is 2. The van der Waals surface area contributed by atoms with Crippen molar-refractivity contribution in [3.8, 4) is 0 Å². The third-order valence-corrected chi connectivity index (χ3v) is 1.93. The standard InChI is InChI=1S/C9H11NO2S/c1-2-7-5-3-4-6-8(7)9(11)10-12-13/h3-6,13H,2H2,1H3,(H,10,11)/p+1. The van der Waals surface area contributed by atoms with Crippen molar-refractivity contribution >= 4 is 18.8 Å². The van der Waals surface area contributed by atoms with E-state index in [-0.39, 0.29) is 5.91 Å². The molecule has 13 heavy (non-hydrogen) atoms. The molecule has 0 radical (unpaired) electrons. The third-order valence-electron chi connectivity index (χ3n) is 1.82. The normalized spacial score (nSPS) is 10.0. The SMILES string of the molecule is CCc1ccccc1C(=O)[NH2+]OS. The maximum absolute atomic E-state index is 11.4. The van der Waals surface area contributed by atoms with E-state index in [0.29, 0.717) is 5.56 Å². The number of thiol groups is 1. The molecule has 0 aliphatic carbocycles. The fourth-order valence-corrected chi connectivity index (χ4v) is 1.28. The molecular weight excluding hydrogens is 186 g/mol. The summed E-state index contributed by atoms with van der Waals surface area (Å²) in [7, 11) is 0. The molecule has 0 heterocycles. The van der Waals surface area contributed by atoms with Gasteiger partial charge in [-0.2, -0.15) is 0 Å². The summed E-state index contributed by atoms with van der Waals surface area (Å²) in [6, 6.07) is 7.46. The summed E-state index contributed by atoms with van der Waals surface area (Å²) in [5.74, 6) is -0.146. The fraction of sp³-hybridized carbons (Fsp3) is 0.222. The zero-order valence-corrected chi connectivity index (χ0v) is 8.25. The minimum Gasteiger partial charge on any atom is -0.222 e. The van der Waals surface area contributed by atoms with Crippen LogP contribution in [0.25, 0.3) is 0 Å². The van der Waals surface area contributed by atoms with E-state index in [9.17, 15) is 4.79 Å². The number of carbonyl (C=O) groups excluding carboxylic acids is 1.